The van der Waals surface area contributed by atoms with E-state index in [0.29, 0.717) is 5.56 Å². The molecule has 0 saturated heterocycles. The number of amides is 1. The number of phenolic OH excluding ortho intramolecular Hbond substituents is 1. The number of aliphatic hydroxyl groups excluding tert-OH is 1. The van der Waals surface area contributed by atoms with Crippen molar-refractivity contribution < 1.29 is 19.4 Å². The van der Waals surface area contributed by atoms with Crippen LogP contribution < -0.4 is 11.1 Å². The van der Waals surface area contributed by atoms with Gasteiger partial charge in [-0.15, -0.1) is 0 Å². The summed E-state index contributed by atoms with van der Waals surface area (Å²) in [4.78, 5) is 10.5. The summed E-state index contributed by atoms with van der Waals surface area (Å²) in [7, 11) is 0. The number of phenols is 1. The smallest absolute Gasteiger partial charge is 0.247 e. The number of hydrogen-bond donors (Lipinski definition) is 4. The van der Waals surface area contributed by atoms with Gasteiger partial charge in [-0.3, -0.25) is 4.79 Å². The number of rotatable bonds is 5. The first-order valence-corrected chi connectivity index (χ1v) is 4.66. The first kappa shape index (κ1) is 12.4. The number of hydrogen-bond acceptors (Lipinski definition) is 4. The molecule has 0 aliphatic carbocycles. The van der Waals surface area contributed by atoms with Gasteiger partial charge in [-0.2, -0.15) is 0 Å². The van der Waals surface area contributed by atoms with Crippen LogP contribution in [-0.2, 0) is 11.3 Å². The lowest BCUT2D eigenvalue weighted by atomic mass is 10.2. The largest absolute Gasteiger partial charge is 0.508 e. The van der Waals surface area contributed by atoms with Crippen LogP contribution in [0.4, 0.5) is 4.39 Å². The van der Waals surface area contributed by atoms with E-state index in [9.17, 15) is 14.3 Å². The maximum absolute atomic E-state index is 12.8. The van der Waals surface area contributed by atoms with Gasteiger partial charge in [0.05, 0.1) is 0 Å². The second kappa shape index (κ2) is 5.43. The van der Waals surface area contributed by atoms with Crippen LogP contribution in [0.2, 0.25) is 0 Å². The molecule has 5 nitrogen and oxygen atoms in total. The number of aromatic hydroxyl groups is 1. The van der Waals surface area contributed by atoms with E-state index in [2.05, 4.69) is 5.32 Å². The van der Waals surface area contributed by atoms with Gasteiger partial charge in [0, 0.05) is 18.7 Å². The topological polar surface area (TPSA) is 95.6 Å². The zero-order valence-corrected chi connectivity index (χ0v) is 8.48. The molecule has 0 aliphatic heterocycles. The third kappa shape index (κ3) is 3.48. The predicted molar refractivity (Wildman–Crippen MR) is 55.0 cm³/mol. The Morgan fingerprint density at radius 3 is 2.88 bits per heavy atom. The molecular formula is C10H13FN2O3. The van der Waals surface area contributed by atoms with Crippen molar-refractivity contribution in [3.8, 4) is 5.75 Å². The highest BCUT2D eigenvalue weighted by Gasteiger charge is 2.10. The fourth-order valence-corrected chi connectivity index (χ4v) is 1.14. The third-order valence-electron chi connectivity index (χ3n) is 2.02. The number of carbonyl (C=O) groups is 1. The number of primary amides is 1. The van der Waals surface area contributed by atoms with Crippen molar-refractivity contribution in [1.29, 1.82) is 0 Å². The Labute approximate surface area is 91.7 Å². The summed E-state index contributed by atoms with van der Waals surface area (Å²) in [6.45, 7) is 0.0826. The highest BCUT2D eigenvalue weighted by Crippen LogP contribution is 2.17. The van der Waals surface area contributed by atoms with E-state index < -0.39 is 17.8 Å². The fraction of sp³-hybridized carbons (Fsp3) is 0.300. The molecule has 1 unspecified atom stereocenters. The van der Waals surface area contributed by atoms with E-state index in [1.807, 2.05) is 0 Å². The van der Waals surface area contributed by atoms with Crippen molar-refractivity contribution >= 4 is 5.91 Å². The summed E-state index contributed by atoms with van der Waals surface area (Å²) in [6.07, 6.45) is -1.30. The molecule has 0 radical (unpaired) electrons. The summed E-state index contributed by atoms with van der Waals surface area (Å²) < 4.78 is 12.8. The van der Waals surface area contributed by atoms with Crippen LogP contribution in [0.5, 0.6) is 5.75 Å². The lowest BCUT2D eigenvalue weighted by Gasteiger charge is -2.09. The van der Waals surface area contributed by atoms with Gasteiger partial charge in [0.15, 0.2) is 0 Å². The van der Waals surface area contributed by atoms with E-state index in [4.69, 9.17) is 10.8 Å². The van der Waals surface area contributed by atoms with Crippen molar-refractivity contribution in [2.75, 3.05) is 6.54 Å². The fourth-order valence-electron chi connectivity index (χ4n) is 1.14. The second-order valence-corrected chi connectivity index (χ2v) is 3.32. The summed E-state index contributed by atoms with van der Waals surface area (Å²) in [5.41, 5.74) is 5.18. The highest BCUT2D eigenvalue weighted by atomic mass is 19.1. The number of nitrogens with one attached hydrogen (secondary N) is 1. The monoisotopic (exact) mass is 228 g/mol. The molecule has 0 saturated carbocycles. The molecule has 88 valence electrons. The molecular weight excluding hydrogens is 215 g/mol. The van der Waals surface area contributed by atoms with Gasteiger partial charge < -0.3 is 21.3 Å². The van der Waals surface area contributed by atoms with E-state index in [0.717, 1.165) is 6.07 Å². The first-order valence-electron chi connectivity index (χ1n) is 4.66. The molecule has 1 atom stereocenters. The predicted octanol–water partition coefficient (Wildman–Crippen LogP) is -0.533. The molecule has 1 rings (SSSR count). The number of aliphatic hydroxyl groups is 1. The molecule has 1 amide bonds. The molecule has 5 N–H and O–H groups in total. The van der Waals surface area contributed by atoms with Crippen LogP contribution in [0.1, 0.15) is 5.56 Å². The lowest BCUT2D eigenvalue weighted by molar-refractivity contribution is -0.125. The quantitative estimate of drug-likeness (QED) is 0.544. The maximum Gasteiger partial charge on any atom is 0.247 e. The van der Waals surface area contributed by atoms with Crippen LogP contribution in [0, 0.1) is 5.82 Å². The molecule has 0 aliphatic rings. The SMILES string of the molecule is NC(=O)C(O)CNCc1cc(F)ccc1O. The summed E-state index contributed by atoms with van der Waals surface area (Å²) in [5.74, 6) is -1.36. The molecule has 0 fully saturated rings. The Bertz CT molecular complexity index is 384. The Morgan fingerprint density at radius 2 is 2.25 bits per heavy atom. The van der Waals surface area contributed by atoms with Gasteiger partial charge in [0.2, 0.25) is 5.91 Å². The molecule has 0 bridgehead atoms. The molecule has 0 aromatic heterocycles. The number of benzene rings is 1. The van der Waals surface area contributed by atoms with Gasteiger partial charge in [0.25, 0.3) is 0 Å². The first-order chi connectivity index (χ1) is 7.50. The van der Waals surface area contributed by atoms with Crippen molar-refractivity contribution in [2.45, 2.75) is 12.6 Å². The molecule has 0 spiro atoms. The van der Waals surface area contributed by atoms with Gasteiger partial charge >= 0.3 is 0 Å². The average Bonchev–Trinajstić information content (AvgIpc) is 2.22. The minimum absolute atomic E-state index is 0.0503. The van der Waals surface area contributed by atoms with Crippen LogP contribution in [-0.4, -0.2) is 28.8 Å². The van der Waals surface area contributed by atoms with Crippen LogP contribution in [0.25, 0.3) is 0 Å². The van der Waals surface area contributed by atoms with E-state index >= 15 is 0 Å². The van der Waals surface area contributed by atoms with Crippen molar-refractivity contribution in [1.82, 2.24) is 5.32 Å². The highest BCUT2D eigenvalue weighted by molar-refractivity contribution is 5.78. The van der Waals surface area contributed by atoms with E-state index in [1.54, 1.807) is 0 Å². The molecule has 1 aromatic rings. The molecule has 1 aromatic carbocycles. The summed E-state index contributed by atoms with van der Waals surface area (Å²) in [5, 5.41) is 21.1. The van der Waals surface area contributed by atoms with Crippen LogP contribution in [0.3, 0.4) is 0 Å². The lowest BCUT2D eigenvalue weighted by Crippen LogP contribution is -2.37. The number of carbonyl (C=O) groups excluding carboxylic acids is 1. The second-order valence-electron chi connectivity index (χ2n) is 3.32. The van der Waals surface area contributed by atoms with Crippen molar-refractivity contribution in [2.24, 2.45) is 5.73 Å². The van der Waals surface area contributed by atoms with Crippen LogP contribution in [0.15, 0.2) is 18.2 Å². The van der Waals surface area contributed by atoms with Gasteiger partial charge in [-0.25, -0.2) is 4.39 Å². The zero-order valence-electron chi connectivity index (χ0n) is 8.48. The van der Waals surface area contributed by atoms with Gasteiger partial charge in [-0.1, -0.05) is 0 Å². The van der Waals surface area contributed by atoms with Crippen LogP contribution >= 0.6 is 0 Å². The molecule has 16 heavy (non-hydrogen) atoms. The molecule has 6 heteroatoms. The minimum atomic E-state index is -1.30. The summed E-state index contributed by atoms with van der Waals surface area (Å²) in [6, 6.07) is 3.53. The average molecular weight is 228 g/mol. The Balaban J connectivity index is 2.48. The van der Waals surface area contributed by atoms with Crippen molar-refractivity contribution in [3.05, 3.63) is 29.6 Å². The maximum atomic E-state index is 12.8. The Kier molecular flexibility index (Phi) is 4.21. The van der Waals surface area contributed by atoms with Crippen molar-refractivity contribution in [3.63, 3.8) is 0 Å². The zero-order chi connectivity index (χ0) is 12.1. The standard InChI is InChI=1S/C10H13FN2O3/c11-7-1-2-8(14)6(3-7)4-13-5-9(15)10(12)16/h1-3,9,13-15H,4-5H2,(H2,12,16). The Morgan fingerprint density at radius 1 is 1.56 bits per heavy atom. The van der Waals surface area contributed by atoms with Gasteiger partial charge in [0.1, 0.15) is 17.7 Å². The third-order valence-corrected chi connectivity index (χ3v) is 2.02. The number of nitrogens with two attached hydrogens (primary N) is 1. The Hall–Kier alpha value is -1.66. The van der Waals surface area contributed by atoms with E-state index in [-0.39, 0.29) is 18.8 Å². The van der Waals surface area contributed by atoms with E-state index in [1.165, 1.54) is 12.1 Å². The molecule has 0 heterocycles. The number of halogens is 1. The van der Waals surface area contributed by atoms with Gasteiger partial charge in [-0.05, 0) is 18.2 Å². The minimum Gasteiger partial charge on any atom is -0.508 e. The summed E-state index contributed by atoms with van der Waals surface area (Å²) >= 11 is 0. The normalized spacial score (nSPS) is 12.4.